The Morgan fingerprint density at radius 3 is 2.70 bits per heavy atom. The molecule has 0 aromatic carbocycles. The highest BCUT2D eigenvalue weighted by atomic mass is 16.3. The molecule has 0 aromatic heterocycles. The van der Waals surface area contributed by atoms with E-state index < -0.39 is 0 Å². The normalized spacial score (nSPS) is 27.0. The molecule has 1 unspecified atom stereocenters. The summed E-state index contributed by atoms with van der Waals surface area (Å²) in [6.07, 6.45) is 11.8. The Kier molecular flexibility index (Phi) is 6.79. The van der Waals surface area contributed by atoms with E-state index in [0.717, 1.165) is 13.0 Å². The Labute approximate surface area is 125 Å². The van der Waals surface area contributed by atoms with Gasteiger partial charge >= 0.3 is 0 Å². The van der Waals surface area contributed by atoms with Crippen LogP contribution in [0.25, 0.3) is 0 Å². The van der Waals surface area contributed by atoms with Crippen LogP contribution < -0.4 is 5.32 Å². The second kappa shape index (κ2) is 8.35. The minimum atomic E-state index is 0.349. The Morgan fingerprint density at radius 1 is 1.20 bits per heavy atom. The van der Waals surface area contributed by atoms with Crippen molar-refractivity contribution in [1.82, 2.24) is 10.2 Å². The molecule has 2 rings (SSSR count). The summed E-state index contributed by atoms with van der Waals surface area (Å²) in [6, 6.07) is 0.636. The van der Waals surface area contributed by atoms with Gasteiger partial charge in [-0.15, -0.1) is 0 Å². The molecule has 0 amide bonds. The van der Waals surface area contributed by atoms with E-state index in [9.17, 15) is 5.11 Å². The zero-order valence-electron chi connectivity index (χ0n) is 13.4. The molecule has 0 spiro atoms. The number of piperidine rings is 1. The van der Waals surface area contributed by atoms with E-state index in [1.807, 2.05) is 0 Å². The van der Waals surface area contributed by atoms with Gasteiger partial charge in [-0.1, -0.05) is 26.2 Å². The number of nitrogens with one attached hydrogen (secondary N) is 1. The Bertz CT molecular complexity index is 262. The van der Waals surface area contributed by atoms with Crippen LogP contribution in [0.15, 0.2) is 0 Å². The lowest BCUT2D eigenvalue weighted by molar-refractivity contribution is 0.0668. The molecule has 1 atom stereocenters. The second-order valence-corrected chi connectivity index (χ2v) is 7.02. The van der Waals surface area contributed by atoms with Crippen LogP contribution in [-0.4, -0.2) is 48.8 Å². The maximum atomic E-state index is 9.30. The average Bonchev–Trinajstić information content (AvgIpc) is 2.90. The molecule has 0 aromatic rings. The van der Waals surface area contributed by atoms with Crippen molar-refractivity contribution in [3.05, 3.63) is 0 Å². The van der Waals surface area contributed by atoms with E-state index in [1.165, 1.54) is 71.0 Å². The van der Waals surface area contributed by atoms with Crippen LogP contribution in [0, 0.1) is 5.41 Å². The maximum absolute atomic E-state index is 9.30. The van der Waals surface area contributed by atoms with Crippen molar-refractivity contribution in [2.45, 2.75) is 70.8 Å². The van der Waals surface area contributed by atoms with E-state index in [2.05, 4.69) is 17.1 Å². The molecule has 1 aliphatic carbocycles. The lowest BCUT2D eigenvalue weighted by atomic mass is 9.83. The fraction of sp³-hybridized carbons (Fsp3) is 1.00. The molecule has 20 heavy (non-hydrogen) atoms. The highest BCUT2D eigenvalue weighted by molar-refractivity contribution is 4.92. The Hall–Kier alpha value is -0.120. The fourth-order valence-electron chi connectivity index (χ4n) is 4.22. The molecule has 0 radical (unpaired) electrons. The molecular formula is C17H34N2O. The van der Waals surface area contributed by atoms with Crippen molar-refractivity contribution in [1.29, 1.82) is 0 Å². The quantitative estimate of drug-likeness (QED) is 0.672. The van der Waals surface area contributed by atoms with Crippen LogP contribution in [0.5, 0.6) is 0 Å². The lowest BCUT2D eigenvalue weighted by Gasteiger charge is -2.42. The van der Waals surface area contributed by atoms with Crippen molar-refractivity contribution < 1.29 is 5.11 Å². The fourth-order valence-corrected chi connectivity index (χ4v) is 4.22. The number of aliphatic hydroxyl groups excluding tert-OH is 1. The number of rotatable bonds is 8. The molecule has 3 heteroatoms. The first-order chi connectivity index (χ1) is 9.79. The van der Waals surface area contributed by atoms with Gasteiger partial charge in [0.25, 0.3) is 0 Å². The van der Waals surface area contributed by atoms with Gasteiger partial charge in [0, 0.05) is 25.7 Å². The van der Waals surface area contributed by atoms with E-state index in [4.69, 9.17) is 0 Å². The van der Waals surface area contributed by atoms with E-state index in [-0.39, 0.29) is 0 Å². The summed E-state index contributed by atoms with van der Waals surface area (Å²) in [7, 11) is 0. The number of hydrogen-bond donors (Lipinski definition) is 2. The molecule has 1 heterocycles. The van der Waals surface area contributed by atoms with Gasteiger partial charge in [0.05, 0.1) is 0 Å². The van der Waals surface area contributed by atoms with Crippen molar-refractivity contribution in [3.8, 4) is 0 Å². The SMILES string of the molecule is CCCNCC1(CN2CCCCC2CCO)CCCC1. The summed E-state index contributed by atoms with van der Waals surface area (Å²) in [5.41, 5.74) is 0.514. The summed E-state index contributed by atoms with van der Waals surface area (Å²) in [5, 5.41) is 13.0. The van der Waals surface area contributed by atoms with Crippen LogP contribution in [0.1, 0.15) is 64.7 Å². The third kappa shape index (κ3) is 4.44. The van der Waals surface area contributed by atoms with Crippen molar-refractivity contribution >= 4 is 0 Å². The number of nitrogens with zero attached hydrogens (tertiary/aromatic N) is 1. The molecule has 2 fully saturated rings. The summed E-state index contributed by atoms with van der Waals surface area (Å²) in [5.74, 6) is 0. The van der Waals surface area contributed by atoms with Gasteiger partial charge in [0.1, 0.15) is 0 Å². The Balaban J connectivity index is 1.91. The van der Waals surface area contributed by atoms with Crippen LogP contribution in [0.3, 0.4) is 0 Å². The van der Waals surface area contributed by atoms with Crippen molar-refractivity contribution in [3.63, 3.8) is 0 Å². The number of hydrogen-bond acceptors (Lipinski definition) is 3. The molecular weight excluding hydrogens is 248 g/mol. The minimum Gasteiger partial charge on any atom is -0.396 e. The maximum Gasteiger partial charge on any atom is 0.0445 e. The van der Waals surface area contributed by atoms with E-state index in [0.29, 0.717) is 18.1 Å². The topological polar surface area (TPSA) is 35.5 Å². The first kappa shape index (κ1) is 16.3. The largest absolute Gasteiger partial charge is 0.396 e. The van der Waals surface area contributed by atoms with Crippen LogP contribution in [-0.2, 0) is 0 Å². The van der Waals surface area contributed by atoms with E-state index in [1.54, 1.807) is 0 Å². The standard InChI is InChI=1S/C17H34N2O/c1-2-11-18-14-17(9-4-5-10-17)15-19-12-6-3-7-16(19)8-13-20/h16,18,20H,2-15H2,1H3. The van der Waals surface area contributed by atoms with Gasteiger partial charge in [-0.3, -0.25) is 4.90 Å². The first-order valence-corrected chi connectivity index (χ1v) is 8.85. The lowest BCUT2D eigenvalue weighted by Crippen LogP contribution is -2.48. The Morgan fingerprint density at radius 2 is 2.00 bits per heavy atom. The molecule has 118 valence electrons. The van der Waals surface area contributed by atoms with E-state index >= 15 is 0 Å². The van der Waals surface area contributed by atoms with Gasteiger partial charge in [-0.2, -0.15) is 0 Å². The second-order valence-electron chi connectivity index (χ2n) is 7.02. The summed E-state index contributed by atoms with van der Waals surface area (Å²) < 4.78 is 0. The zero-order chi connectivity index (χ0) is 14.3. The summed E-state index contributed by atoms with van der Waals surface area (Å²) >= 11 is 0. The first-order valence-electron chi connectivity index (χ1n) is 8.85. The molecule has 1 aliphatic heterocycles. The van der Waals surface area contributed by atoms with Gasteiger partial charge in [-0.05, 0) is 57.0 Å². The van der Waals surface area contributed by atoms with Gasteiger partial charge in [0.15, 0.2) is 0 Å². The van der Waals surface area contributed by atoms with Gasteiger partial charge in [-0.25, -0.2) is 0 Å². The molecule has 2 N–H and O–H groups in total. The smallest absolute Gasteiger partial charge is 0.0445 e. The van der Waals surface area contributed by atoms with Gasteiger partial charge in [0.2, 0.25) is 0 Å². The van der Waals surface area contributed by atoms with Crippen LogP contribution >= 0.6 is 0 Å². The highest BCUT2D eigenvalue weighted by Gasteiger charge is 2.37. The average molecular weight is 282 g/mol. The summed E-state index contributed by atoms with van der Waals surface area (Å²) in [6.45, 7) is 7.46. The molecule has 2 aliphatic rings. The monoisotopic (exact) mass is 282 g/mol. The van der Waals surface area contributed by atoms with Gasteiger partial charge < -0.3 is 10.4 Å². The molecule has 1 saturated heterocycles. The number of likely N-dealkylation sites (tertiary alicyclic amines) is 1. The van der Waals surface area contributed by atoms with Crippen LogP contribution in [0.4, 0.5) is 0 Å². The molecule has 1 saturated carbocycles. The predicted molar refractivity (Wildman–Crippen MR) is 85.0 cm³/mol. The minimum absolute atomic E-state index is 0.349. The van der Waals surface area contributed by atoms with Crippen molar-refractivity contribution in [2.75, 3.05) is 32.8 Å². The third-order valence-electron chi connectivity index (χ3n) is 5.34. The third-order valence-corrected chi connectivity index (χ3v) is 5.34. The van der Waals surface area contributed by atoms with Crippen LogP contribution in [0.2, 0.25) is 0 Å². The van der Waals surface area contributed by atoms with Crippen molar-refractivity contribution in [2.24, 2.45) is 5.41 Å². The number of aliphatic hydroxyl groups is 1. The molecule has 3 nitrogen and oxygen atoms in total. The summed E-state index contributed by atoms with van der Waals surface area (Å²) in [4.78, 5) is 2.71. The predicted octanol–water partition coefficient (Wildman–Crippen LogP) is 2.78. The highest BCUT2D eigenvalue weighted by Crippen LogP contribution is 2.39. The molecule has 0 bridgehead atoms. The zero-order valence-corrected chi connectivity index (χ0v) is 13.4.